The summed E-state index contributed by atoms with van der Waals surface area (Å²) < 4.78 is 5.41. The zero-order valence-electron chi connectivity index (χ0n) is 13.3. The normalized spacial score (nSPS) is 15.4. The van der Waals surface area contributed by atoms with Gasteiger partial charge >= 0.3 is 6.03 Å². The van der Waals surface area contributed by atoms with Crippen LogP contribution in [0.2, 0.25) is 0 Å². The number of carbonyl (C=O) groups excluding carboxylic acids is 1. The second kappa shape index (κ2) is 6.50. The molecule has 0 spiro atoms. The van der Waals surface area contributed by atoms with E-state index in [4.69, 9.17) is 4.74 Å². The van der Waals surface area contributed by atoms with Crippen LogP contribution < -0.4 is 15.4 Å². The molecule has 124 valence electrons. The molecular weight excluding hydrogens is 294 g/mol. The Kier molecular flexibility index (Phi) is 4.43. The fourth-order valence-electron chi connectivity index (χ4n) is 2.80. The molecule has 1 aromatic heterocycles. The number of hydrogen-bond donors (Lipinski definition) is 4. The summed E-state index contributed by atoms with van der Waals surface area (Å²) in [5, 5.41) is 16.0. The number of nitrogens with one attached hydrogen (secondary N) is 3. The number of aromatic nitrogens is 1. The van der Waals surface area contributed by atoms with Crippen LogP contribution in [-0.4, -0.2) is 42.9 Å². The lowest BCUT2D eigenvalue weighted by molar-refractivity contribution is 0.203. The van der Waals surface area contributed by atoms with Gasteiger partial charge in [0.25, 0.3) is 0 Å². The van der Waals surface area contributed by atoms with E-state index in [1.165, 1.54) is 0 Å². The molecule has 6 heteroatoms. The number of benzene rings is 1. The number of urea groups is 1. The van der Waals surface area contributed by atoms with Gasteiger partial charge in [-0.05, 0) is 37.0 Å². The number of fused-ring (bicyclic) bond motifs is 1. The molecule has 1 aliphatic carbocycles. The lowest BCUT2D eigenvalue weighted by Gasteiger charge is -2.13. The van der Waals surface area contributed by atoms with Crippen LogP contribution in [0.1, 0.15) is 18.4 Å². The zero-order valence-corrected chi connectivity index (χ0v) is 13.3. The molecule has 23 heavy (non-hydrogen) atoms. The first-order chi connectivity index (χ1) is 11.2. The fraction of sp³-hybridized carbons (Fsp3) is 0.471. The highest BCUT2D eigenvalue weighted by molar-refractivity contribution is 5.89. The van der Waals surface area contributed by atoms with Crippen molar-refractivity contribution in [2.45, 2.75) is 19.3 Å². The van der Waals surface area contributed by atoms with Gasteiger partial charge in [-0.15, -0.1) is 0 Å². The van der Waals surface area contributed by atoms with Crippen LogP contribution >= 0.6 is 0 Å². The quantitative estimate of drug-likeness (QED) is 0.628. The molecule has 0 unspecified atom stereocenters. The van der Waals surface area contributed by atoms with E-state index in [1.54, 1.807) is 7.11 Å². The van der Waals surface area contributed by atoms with Crippen molar-refractivity contribution in [1.82, 2.24) is 15.6 Å². The Balaban J connectivity index is 1.52. The third-order valence-corrected chi connectivity index (χ3v) is 4.57. The molecule has 6 nitrogen and oxygen atoms in total. The highest BCUT2D eigenvalue weighted by atomic mass is 16.5. The van der Waals surface area contributed by atoms with Crippen LogP contribution in [0, 0.1) is 5.41 Å². The van der Waals surface area contributed by atoms with Gasteiger partial charge in [-0.1, -0.05) is 6.07 Å². The number of rotatable bonds is 7. The summed E-state index contributed by atoms with van der Waals surface area (Å²) in [6.07, 6.45) is 4.65. The van der Waals surface area contributed by atoms with Crippen molar-refractivity contribution < 1.29 is 14.6 Å². The molecule has 1 aromatic carbocycles. The summed E-state index contributed by atoms with van der Waals surface area (Å²) in [6, 6.07) is 5.70. The summed E-state index contributed by atoms with van der Waals surface area (Å²) in [5.41, 5.74) is 2.08. The SMILES string of the molecule is COc1cccc2[nH]cc(CCNC(=O)NCC3(CO)CC3)c12. The van der Waals surface area contributed by atoms with E-state index in [0.717, 1.165) is 41.5 Å². The monoisotopic (exact) mass is 317 g/mol. The number of amides is 2. The van der Waals surface area contributed by atoms with Gasteiger partial charge in [0.05, 0.1) is 13.7 Å². The van der Waals surface area contributed by atoms with Crippen molar-refractivity contribution in [3.8, 4) is 5.75 Å². The molecule has 0 radical (unpaired) electrons. The molecule has 1 aliphatic rings. The van der Waals surface area contributed by atoms with Crippen LogP contribution in [0.3, 0.4) is 0 Å². The van der Waals surface area contributed by atoms with Gasteiger partial charge in [0.2, 0.25) is 0 Å². The molecule has 0 aliphatic heterocycles. The van der Waals surface area contributed by atoms with Crippen molar-refractivity contribution in [1.29, 1.82) is 0 Å². The van der Waals surface area contributed by atoms with Crippen LogP contribution in [0.4, 0.5) is 4.79 Å². The fourth-order valence-corrected chi connectivity index (χ4v) is 2.80. The highest BCUT2D eigenvalue weighted by Gasteiger charge is 2.42. The number of methoxy groups -OCH3 is 1. The van der Waals surface area contributed by atoms with Crippen molar-refractivity contribution in [2.75, 3.05) is 26.8 Å². The van der Waals surface area contributed by atoms with E-state index in [9.17, 15) is 9.90 Å². The first-order valence-corrected chi connectivity index (χ1v) is 7.93. The molecule has 2 amide bonds. The van der Waals surface area contributed by atoms with Gasteiger partial charge in [0.1, 0.15) is 5.75 Å². The number of ether oxygens (including phenoxy) is 1. The van der Waals surface area contributed by atoms with Crippen LogP contribution in [0.15, 0.2) is 24.4 Å². The molecule has 0 atom stereocenters. The summed E-state index contributed by atoms with van der Waals surface area (Å²) in [6.45, 7) is 1.22. The van der Waals surface area contributed by atoms with Crippen LogP contribution in [-0.2, 0) is 6.42 Å². The predicted octanol–water partition coefficient (Wildman–Crippen LogP) is 1.79. The topological polar surface area (TPSA) is 86.4 Å². The van der Waals surface area contributed by atoms with E-state index < -0.39 is 0 Å². The predicted molar refractivity (Wildman–Crippen MR) is 88.7 cm³/mol. The first-order valence-electron chi connectivity index (χ1n) is 7.93. The van der Waals surface area contributed by atoms with Gasteiger partial charge < -0.3 is 25.5 Å². The summed E-state index contributed by atoms with van der Waals surface area (Å²) in [5.74, 6) is 0.835. The maximum absolute atomic E-state index is 11.8. The molecule has 1 fully saturated rings. The van der Waals surface area contributed by atoms with Crippen molar-refractivity contribution >= 4 is 16.9 Å². The molecule has 4 N–H and O–H groups in total. The number of aliphatic hydroxyl groups excluding tert-OH is 1. The maximum Gasteiger partial charge on any atom is 0.314 e. The number of carbonyl (C=O) groups is 1. The average molecular weight is 317 g/mol. The minimum Gasteiger partial charge on any atom is -0.496 e. The Labute approximate surface area is 135 Å². The van der Waals surface area contributed by atoms with Crippen molar-refractivity contribution in [3.63, 3.8) is 0 Å². The number of aliphatic hydroxyl groups is 1. The summed E-state index contributed by atoms with van der Waals surface area (Å²) in [4.78, 5) is 15.0. The molecular formula is C17H23N3O3. The minimum absolute atomic E-state index is 0.0679. The number of aromatic amines is 1. The average Bonchev–Trinajstić information content (AvgIpc) is 3.26. The Bertz CT molecular complexity index is 691. The molecule has 1 heterocycles. The lowest BCUT2D eigenvalue weighted by atomic mass is 10.1. The number of hydrogen-bond acceptors (Lipinski definition) is 3. The first kappa shape index (κ1) is 15.7. The van der Waals surface area contributed by atoms with E-state index in [2.05, 4.69) is 15.6 Å². The Hall–Kier alpha value is -2.21. The molecule has 1 saturated carbocycles. The van der Waals surface area contributed by atoms with E-state index in [1.807, 2.05) is 24.4 Å². The van der Waals surface area contributed by atoms with Crippen LogP contribution in [0.25, 0.3) is 10.9 Å². The smallest absolute Gasteiger partial charge is 0.314 e. The minimum atomic E-state index is -0.184. The van der Waals surface area contributed by atoms with Crippen molar-refractivity contribution in [2.24, 2.45) is 5.41 Å². The second-order valence-corrected chi connectivity index (χ2v) is 6.21. The van der Waals surface area contributed by atoms with Gasteiger partial charge in [-0.2, -0.15) is 0 Å². The lowest BCUT2D eigenvalue weighted by Crippen LogP contribution is -2.40. The Morgan fingerprint density at radius 2 is 2.22 bits per heavy atom. The van der Waals surface area contributed by atoms with E-state index in [0.29, 0.717) is 13.1 Å². The maximum atomic E-state index is 11.8. The third kappa shape index (κ3) is 3.42. The van der Waals surface area contributed by atoms with E-state index in [-0.39, 0.29) is 18.1 Å². The van der Waals surface area contributed by atoms with Gasteiger partial charge in [0, 0.05) is 35.6 Å². The standard InChI is InChI=1S/C17H23N3O3/c1-23-14-4-2-3-13-15(14)12(9-19-13)5-8-18-16(22)20-10-17(11-21)6-7-17/h2-4,9,19,21H,5-8,10-11H2,1H3,(H2,18,20,22). The highest BCUT2D eigenvalue weighted by Crippen LogP contribution is 2.44. The van der Waals surface area contributed by atoms with Gasteiger partial charge in [-0.25, -0.2) is 4.79 Å². The Morgan fingerprint density at radius 3 is 2.91 bits per heavy atom. The zero-order chi connectivity index (χ0) is 16.3. The largest absolute Gasteiger partial charge is 0.496 e. The second-order valence-electron chi connectivity index (χ2n) is 6.21. The molecule has 3 rings (SSSR count). The van der Waals surface area contributed by atoms with Crippen LogP contribution in [0.5, 0.6) is 5.75 Å². The summed E-state index contributed by atoms with van der Waals surface area (Å²) in [7, 11) is 1.66. The Morgan fingerprint density at radius 1 is 1.39 bits per heavy atom. The molecule has 0 bridgehead atoms. The van der Waals surface area contributed by atoms with Crippen molar-refractivity contribution in [3.05, 3.63) is 30.0 Å². The third-order valence-electron chi connectivity index (χ3n) is 4.57. The summed E-state index contributed by atoms with van der Waals surface area (Å²) >= 11 is 0. The molecule has 2 aromatic rings. The van der Waals surface area contributed by atoms with Gasteiger partial charge in [0.15, 0.2) is 0 Å². The van der Waals surface area contributed by atoms with E-state index >= 15 is 0 Å². The molecule has 0 saturated heterocycles. The van der Waals surface area contributed by atoms with Gasteiger partial charge in [-0.3, -0.25) is 0 Å². The number of H-pyrrole nitrogens is 1.